The average Bonchev–Trinajstić information content (AvgIpc) is 2.12. The molecule has 1 heteroatoms. The summed E-state index contributed by atoms with van der Waals surface area (Å²) in [6.07, 6.45) is 3.79. The molecule has 0 bridgehead atoms. The smallest absolute Gasteiger partial charge is 0.0499 e. The first-order valence-corrected chi connectivity index (χ1v) is 5.34. The molecule has 1 aliphatic carbocycles. The maximum Gasteiger partial charge on any atom is 0.0499 e. The van der Waals surface area contributed by atoms with E-state index in [1.807, 2.05) is 0 Å². The van der Waals surface area contributed by atoms with E-state index in [9.17, 15) is 0 Å². The number of allylic oxidation sites excluding steroid dienone is 1. The number of ether oxygens (including phenoxy) is 1. The van der Waals surface area contributed by atoms with Gasteiger partial charge in [0.1, 0.15) is 0 Å². The van der Waals surface area contributed by atoms with Crippen LogP contribution in [-0.2, 0) is 4.74 Å². The third-order valence-electron chi connectivity index (χ3n) is 3.50. The van der Waals surface area contributed by atoms with Crippen molar-refractivity contribution in [1.82, 2.24) is 0 Å². The van der Waals surface area contributed by atoms with Crippen molar-refractivity contribution in [3.8, 4) is 0 Å². The summed E-state index contributed by atoms with van der Waals surface area (Å²) < 4.78 is 5.14. The van der Waals surface area contributed by atoms with Gasteiger partial charge < -0.3 is 4.74 Å². The number of rotatable bonds is 3. The largest absolute Gasteiger partial charge is 0.384 e. The highest BCUT2D eigenvalue weighted by atomic mass is 16.5. The third kappa shape index (κ3) is 2.57. The molecule has 2 atom stereocenters. The van der Waals surface area contributed by atoms with Crippen LogP contribution in [0.2, 0.25) is 0 Å². The van der Waals surface area contributed by atoms with Crippen LogP contribution in [0.15, 0.2) is 11.1 Å². The Kier molecular flexibility index (Phi) is 3.98. The molecule has 13 heavy (non-hydrogen) atoms. The van der Waals surface area contributed by atoms with Gasteiger partial charge in [0.2, 0.25) is 0 Å². The topological polar surface area (TPSA) is 9.23 Å². The van der Waals surface area contributed by atoms with E-state index in [0.29, 0.717) is 0 Å². The SMILES string of the molecule is COCCC1=C(C)CCC(C)C1C. The van der Waals surface area contributed by atoms with Crippen molar-refractivity contribution in [3.63, 3.8) is 0 Å². The van der Waals surface area contributed by atoms with E-state index in [1.54, 1.807) is 18.3 Å². The normalized spacial score (nSPS) is 29.5. The lowest BCUT2D eigenvalue weighted by Gasteiger charge is -2.30. The van der Waals surface area contributed by atoms with Crippen LogP contribution in [0.4, 0.5) is 0 Å². The molecular weight excluding hydrogens is 160 g/mol. The molecule has 0 heterocycles. The summed E-state index contributed by atoms with van der Waals surface area (Å²) in [4.78, 5) is 0. The molecule has 2 unspecified atom stereocenters. The molecular formula is C12H22O. The number of methoxy groups -OCH3 is 1. The lowest BCUT2D eigenvalue weighted by molar-refractivity contribution is 0.196. The Morgan fingerprint density at radius 2 is 2.08 bits per heavy atom. The molecule has 0 amide bonds. The molecule has 0 aromatic rings. The molecule has 1 nitrogen and oxygen atoms in total. The first kappa shape index (κ1) is 10.8. The second-order valence-electron chi connectivity index (χ2n) is 4.35. The van der Waals surface area contributed by atoms with Crippen molar-refractivity contribution < 1.29 is 4.74 Å². The predicted octanol–water partition coefficient (Wildman–Crippen LogP) is 3.41. The Morgan fingerprint density at radius 1 is 1.38 bits per heavy atom. The minimum Gasteiger partial charge on any atom is -0.384 e. The lowest BCUT2D eigenvalue weighted by atomic mass is 9.76. The first-order valence-electron chi connectivity index (χ1n) is 5.34. The fraction of sp³-hybridized carbons (Fsp3) is 0.833. The lowest BCUT2D eigenvalue weighted by Crippen LogP contribution is -2.18. The van der Waals surface area contributed by atoms with E-state index in [1.165, 1.54) is 12.8 Å². The van der Waals surface area contributed by atoms with E-state index in [0.717, 1.165) is 24.9 Å². The zero-order valence-electron chi connectivity index (χ0n) is 9.39. The van der Waals surface area contributed by atoms with Crippen LogP contribution in [0.3, 0.4) is 0 Å². The van der Waals surface area contributed by atoms with Gasteiger partial charge in [-0.2, -0.15) is 0 Å². The van der Waals surface area contributed by atoms with Gasteiger partial charge in [-0.15, -0.1) is 0 Å². The van der Waals surface area contributed by atoms with Gasteiger partial charge in [0.05, 0.1) is 0 Å². The van der Waals surface area contributed by atoms with Gasteiger partial charge in [0, 0.05) is 13.7 Å². The summed E-state index contributed by atoms with van der Waals surface area (Å²) in [7, 11) is 1.78. The molecule has 1 aliphatic rings. The second kappa shape index (κ2) is 4.80. The highest BCUT2D eigenvalue weighted by Gasteiger charge is 2.22. The van der Waals surface area contributed by atoms with Crippen LogP contribution >= 0.6 is 0 Å². The summed E-state index contributed by atoms with van der Waals surface area (Å²) in [5.41, 5.74) is 3.27. The van der Waals surface area contributed by atoms with Gasteiger partial charge in [-0.05, 0) is 38.0 Å². The van der Waals surface area contributed by atoms with Crippen LogP contribution in [0, 0.1) is 11.8 Å². The van der Waals surface area contributed by atoms with Crippen LogP contribution in [0.25, 0.3) is 0 Å². The van der Waals surface area contributed by atoms with Gasteiger partial charge in [0.15, 0.2) is 0 Å². The number of hydrogen-bond acceptors (Lipinski definition) is 1. The molecule has 1 rings (SSSR count). The fourth-order valence-electron chi connectivity index (χ4n) is 2.24. The standard InChI is InChI=1S/C12H22O/c1-9-5-6-10(2)12(11(9)3)7-8-13-4/h9,11H,5-8H2,1-4H3. The summed E-state index contributed by atoms with van der Waals surface area (Å²) >= 11 is 0. The van der Waals surface area contributed by atoms with Crippen molar-refractivity contribution in [2.24, 2.45) is 11.8 Å². The fourth-order valence-corrected chi connectivity index (χ4v) is 2.24. The minimum absolute atomic E-state index is 0.767. The summed E-state index contributed by atoms with van der Waals surface area (Å²) in [6.45, 7) is 7.89. The van der Waals surface area contributed by atoms with Crippen LogP contribution in [0.1, 0.15) is 40.0 Å². The molecule has 0 N–H and O–H groups in total. The highest BCUT2D eigenvalue weighted by molar-refractivity contribution is 5.18. The van der Waals surface area contributed by atoms with Gasteiger partial charge in [-0.25, -0.2) is 0 Å². The van der Waals surface area contributed by atoms with E-state index in [2.05, 4.69) is 20.8 Å². The third-order valence-corrected chi connectivity index (χ3v) is 3.50. The summed E-state index contributed by atoms with van der Waals surface area (Å²) in [5.74, 6) is 1.62. The van der Waals surface area contributed by atoms with Crippen molar-refractivity contribution in [3.05, 3.63) is 11.1 Å². The zero-order valence-corrected chi connectivity index (χ0v) is 9.39. The minimum atomic E-state index is 0.767. The van der Waals surface area contributed by atoms with Crippen molar-refractivity contribution in [1.29, 1.82) is 0 Å². The van der Waals surface area contributed by atoms with E-state index >= 15 is 0 Å². The maximum absolute atomic E-state index is 5.14. The van der Waals surface area contributed by atoms with E-state index in [4.69, 9.17) is 4.74 Å². The molecule has 76 valence electrons. The average molecular weight is 182 g/mol. The van der Waals surface area contributed by atoms with Gasteiger partial charge in [0.25, 0.3) is 0 Å². The summed E-state index contributed by atoms with van der Waals surface area (Å²) in [6, 6.07) is 0. The zero-order chi connectivity index (χ0) is 9.84. The van der Waals surface area contributed by atoms with Crippen molar-refractivity contribution in [2.45, 2.75) is 40.0 Å². The Bertz CT molecular complexity index is 193. The molecule has 0 saturated heterocycles. The van der Waals surface area contributed by atoms with E-state index < -0.39 is 0 Å². The Labute approximate surface area is 82.2 Å². The first-order chi connectivity index (χ1) is 6.16. The van der Waals surface area contributed by atoms with Crippen molar-refractivity contribution >= 4 is 0 Å². The Morgan fingerprint density at radius 3 is 2.69 bits per heavy atom. The van der Waals surface area contributed by atoms with E-state index in [-0.39, 0.29) is 0 Å². The van der Waals surface area contributed by atoms with Crippen molar-refractivity contribution in [2.75, 3.05) is 13.7 Å². The molecule has 0 saturated carbocycles. The maximum atomic E-state index is 5.14. The molecule has 0 aliphatic heterocycles. The van der Waals surface area contributed by atoms with Gasteiger partial charge in [-0.3, -0.25) is 0 Å². The van der Waals surface area contributed by atoms with Crippen LogP contribution < -0.4 is 0 Å². The summed E-state index contributed by atoms with van der Waals surface area (Å²) in [5, 5.41) is 0. The molecule has 0 radical (unpaired) electrons. The van der Waals surface area contributed by atoms with Crippen LogP contribution in [-0.4, -0.2) is 13.7 Å². The Hall–Kier alpha value is -0.300. The van der Waals surface area contributed by atoms with Gasteiger partial charge >= 0.3 is 0 Å². The van der Waals surface area contributed by atoms with Gasteiger partial charge in [-0.1, -0.05) is 25.0 Å². The quantitative estimate of drug-likeness (QED) is 0.608. The highest BCUT2D eigenvalue weighted by Crippen LogP contribution is 2.35. The number of hydrogen-bond donors (Lipinski definition) is 0. The molecule has 0 fully saturated rings. The molecule has 0 spiro atoms. The predicted molar refractivity (Wildman–Crippen MR) is 56.8 cm³/mol. The monoisotopic (exact) mass is 182 g/mol. The Balaban J connectivity index is 2.64. The molecule has 0 aromatic carbocycles. The van der Waals surface area contributed by atoms with Crippen LogP contribution in [0.5, 0.6) is 0 Å². The molecule has 0 aromatic heterocycles. The second-order valence-corrected chi connectivity index (χ2v) is 4.35.